The molecule has 6 nitrogen and oxygen atoms in total. The van der Waals surface area contributed by atoms with Crippen LogP contribution in [0.15, 0.2) is 34.9 Å². The number of hydrogen-bond donors (Lipinski definition) is 0. The second-order valence-electron chi connectivity index (χ2n) is 6.33. The highest BCUT2D eigenvalue weighted by Crippen LogP contribution is 2.34. The summed E-state index contributed by atoms with van der Waals surface area (Å²) >= 11 is 0. The van der Waals surface area contributed by atoms with Crippen LogP contribution < -0.4 is 9.80 Å². The van der Waals surface area contributed by atoms with Crippen LogP contribution in [0.5, 0.6) is 0 Å². The van der Waals surface area contributed by atoms with E-state index in [1.54, 1.807) is 29.7 Å². The molecule has 1 aromatic heterocycles. The van der Waals surface area contributed by atoms with Gasteiger partial charge in [-0.05, 0) is 25.0 Å². The number of fused-ring (bicyclic) bond motifs is 1. The number of para-hydroxylation sites is 2. The van der Waals surface area contributed by atoms with E-state index in [0.717, 1.165) is 11.4 Å². The number of aryl methyl sites for hydroxylation is 1. The van der Waals surface area contributed by atoms with Gasteiger partial charge in [-0.25, -0.2) is 0 Å². The van der Waals surface area contributed by atoms with E-state index in [0.29, 0.717) is 24.5 Å². The van der Waals surface area contributed by atoms with E-state index in [9.17, 15) is 9.59 Å². The topological polar surface area (TPSA) is 66.7 Å². The van der Waals surface area contributed by atoms with Crippen LogP contribution in [0.2, 0.25) is 0 Å². The molecule has 1 aromatic carbocycles. The number of nitrogens with zero attached hydrogens (tertiary/aromatic N) is 3. The lowest BCUT2D eigenvalue weighted by Gasteiger charge is -2.24. The predicted molar refractivity (Wildman–Crippen MR) is 90.9 cm³/mol. The Morgan fingerprint density at radius 3 is 2.42 bits per heavy atom. The van der Waals surface area contributed by atoms with Crippen molar-refractivity contribution < 1.29 is 14.1 Å². The van der Waals surface area contributed by atoms with Crippen molar-refractivity contribution in [1.82, 2.24) is 5.16 Å². The van der Waals surface area contributed by atoms with Gasteiger partial charge in [-0.1, -0.05) is 24.2 Å². The molecule has 0 bridgehead atoms. The minimum Gasteiger partial charge on any atom is -0.361 e. The molecule has 126 valence electrons. The number of anilines is 2. The highest BCUT2D eigenvalue weighted by atomic mass is 16.5. The zero-order valence-electron chi connectivity index (χ0n) is 14.2. The molecule has 0 radical (unpaired) electrons. The standard InChI is InChI=1S/C18H21N3O3/c1-12-10-20(14(3)22)16-6-4-5-7-17(16)21(11-12)18(23)9-15-8-13(2)24-19-15/h4-8,12H,9-11H2,1-3H3/t12-/m0/s1. The maximum Gasteiger partial charge on any atom is 0.233 e. The average Bonchev–Trinajstić information content (AvgIpc) is 2.87. The third-order valence-electron chi connectivity index (χ3n) is 4.14. The molecule has 1 aliphatic rings. The average molecular weight is 327 g/mol. The summed E-state index contributed by atoms with van der Waals surface area (Å²) in [4.78, 5) is 28.4. The molecule has 0 N–H and O–H groups in total. The lowest BCUT2D eigenvalue weighted by atomic mass is 10.1. The molecular formula is C18H21N3O3. The van der Waals surface area contributed by atoms with Gasteiger partial charge in [0.15, 0.2) is 0 Å². The van der Waals surface area contributed by atoms with Crippen LogP contribution in [0.1, 0.15) is 25.3 Å². The first-order chi connectivity index (χ1) is 11.5. The maximum atomic E-state index is 12.9. The van der Waals surface area contributed by atoms with Gasteiger partial charge >= 0.3 is 0 Å². The molecule has 6 heteroatoms. The van der Waals surface area contributed by atoms with Crippen LogP contribution in [-0.4, -0.2) is 30.1 Å². The molecule has 0 fully saturated rings. The van der Waals surface area contributed by atoms with Crippen molar-refractivity contribution in [1.29, 1.82) is 0 Å². The van der Waals surface area contributed by atoms with Gasteiger partial charge in [-0.2, -0.15) is 0 Å². The second-order valence-corrected chi connectivity index (χ2v) is 6.33. The second kappa shape index (κ2) is 6.47. The molecule has 0 spiro atoms. The Kier molecular flexibility index (Phi) is 4.38. The van der Waals surface area contributed by atoms with Gasteiger partial charge in [-0.15, -0.1) is 0 Å². The summed E-state index contributed by atoms with van der Waals surface area (Å²) in [5.74, 6) is 0.790. The van der Waals surface area contributed by atoms with Crippen LogP contribution in [-0.2, 0) is 16.0 Å². The number of aromatic nitrogens is 1. The zero-order valence-corrected chi connectivity index (χ0v) is 14.2. The Bertz CT molecular complexity index is 768. The lowest BCUT2D eigenvalue weighted by molar-refractivity contribution is -0.118. The summed E-state index contributed by atoms with van der Waals surface area (Å²) in [5.41, 5.74) is 2.16. The number of hydrogen-bond acceptors (Lipinski definition) is 4. The Morgan fingerprint density at radius 2 is 1.83 bits per heavy atom. The minimum absolute atomic E-state index is 0.0178. The van der Waals surface area contributed by atoms with Crippen LogP contribution >= 0.6 is 0 Å². The zero-order chi connectivity index (χ0) is 17.3. The molecule has 0 unspecified atom stereocenters. The van der Waals surface area contributed by atoms with E-state index < -0.39 is 0 Å². The van der Waals surface area contributed by atoms with Crippen molar-refractivity contribution in [3.8, 4) is 0 Å². The van der Waals surface area contributed by atoms with Crippen LogP contribution in [0, 0.1) is 12.8 Å². The molecule has 1 atom stereocenters. The highest BCUT2D eigenvalue weighted by molar-refractivity contribution is 6.02. The smallest absolute Gasteiger partial charge is 0.233 e. The van der Waals surface area contributed by atoms with Crippen molar-refractivity contribution in [2.24, 2.45) is 5.92 Å². The van der Waals surface area contributed by atoms with Gasteiger partial charge in [-0.3, -0.25) is 9.59 Å². The first kappa shape index (κ1) is 16.2. The number of rotatable bonds is 2. The summed E-state index contributed by atoms with van der Waals surface area (Å²) < 4.78 is 5.04. The van der Waals surface area contributed by atoms with Crippen molar-refractivity contribution in [3.63, 3.8) is 0 Å². The highest BCUT2D eigenvalue weighted by Gasteiger charge is 2.29. The first-order valence-electron chi connectivity index (χ1n) is 8.05. The molecule has 2 aromatic rings. The summed E-state index contributed by atoms with van der Waals surface area (Å²) in [5, 5.41) is 3.91. The number of carbonyl (C=O) groups is 2. The third-order valence-corrected chi connectivity index (χ3v) is 4.14. The van der Waals surface area contributed by atoms with Crippen LogP contribution in [0.25, 0.3) is 0 Å². The Hall–Kier alpha value is -2.63. The molecule has 24 heavy (non-hydrogen) atoms. The van der Waals surface area contributed by atoms with Crippen LogP contribution in [0.4, 0.5) is 11.4 Å². The van der Waals surface area contributed by atoms with Crippen LogP contribution in [0.3, 0.4) is 0 Å². The van der Waals surface area contributed by atoms with Gasteiger partial charge in [0.05, 0.1) is 23.5 Å². The molecule has 0 aliphatic carbocycles. The van der Waals surface area contributed by atoms with Gasteiger partial charge in [0.2, 0.25) is 11.8 Å². The lowest BCUT2D eigenvalue weighted by Crippen LogP contribution is -2.36. The Balaban J connectivity index is 1.95. The van der Waals surface area contributed by atoms with Crippen molar-refractivity contribution in [2.75, 3.05) is 22.9 Å². The maximum absolute atomic E-state index is 12.9. The van der Waals surface area contributed by atoms with E-state index in [1.165, 1.54) is 0 Å². The van der Waals surface area contributed by atoms with E-state index in [1.807, 2.05) is 31.2 Å². The number of carbonyl (C=O) groups excluding carboxylic acids is 2. The first-order valence-corrected chi connectivity index (χ1v) is 8.05. The van der Waals surface area contributed by atoms with Gasteiger partial charge in [0.25, 0.3) is 0 Å². The van der Waals surface area contributed by atoms with E-state index in [4.69, 9.17) is 4.52 Å². The fourth-order valence-corrected chi connectivity index (χ4v) is 3.08. The van der Waals surface area contributed by atoms with Gasteiger partial charge in [0, 0.05) is 26.1 Å². The van der Waals surface area contributed by atoms with E-state index >= 15 is 0 Å². The normalized spacial score (nSPS) is 17.4. The molecular weight excluding hydrogens is 306 g/mol. The Morgan fingerprint density at radius 1 is 1.21 bits per heavy atom. The fourth-order valence-electron chi connectivity index (χ4n) is 3.08. The van der Waals surface area contributed by atoms with E-state index in [2.05, 4.69) is 5.16 Å². The fraction of sp³-hybridized carbons (Fsp3) is 0.389. The molecule has 1 aliphatic heterocycles. The largest absolute Gasteiger partial charge is 0.361 e. The predicted octanol–water partition coefficient (Wildman–Crippen LogP) is 2.56. The summed E-state index contributed by atoms with van der Waals surface area (Å²) in [6.45, 7) is 6.56. The Labute approximate surface area is 141 Å². The molecule has 0 saturated heterocycles. The molecule has 2 amide bonds. The minimum atomic E-state index is -0.0481. The van der Waals surface area contributed by atoms with Gasteiger partial charge < -0.3 is 14.3 Å². The SMILES string of the molecule is CC(=O)N1C[C@H](C)CN(C(=O)Cc2cc(C)on2)c2ccccc21. The molecule has 0 saturated carbocycles. The monoisotopic (exact) mass is 327 g/mol. The summed E-state index contributed by atoms with van der Waals surface area (Å²) in [6.07, 6.45) is 0.179. The quantitative estimate of drug-likeness (QED) is 0.850. The van der Waals surface area contributed by atoms with Gasteiger partial charge in [0.1, 0.15) is 5.76 Å². The van der Waals surface area contributed by atoms with Crippen molar-refractivity contribution >= 4 is 23.2 Å². The van der Waals surface area contributed by atoms with Crippen molar-refractivity contribution in [2.45, 2.75) is 27.2 Å². The van der Waals surface area contributed by atoms with E-state index in [-0.39, 0.29) is 24.2 Å². The molecule has 2 heterocycles. The summed E-state index contributed by atoms with van der Waals surface area (Å²) in [6, 6.07) is 9.31. The summed E-state index contributed by atoms with van der Waals surface area (Å²) in [7, 11) is 0. The number of amides is 2. The van der Waals surface area contributed by atoms with Crippen molar-refractivity contribution in [3.05, 3.63) is 41.8 Å². The third kappa shape index (κ3) is 3.18. The number of benzene rings is 1. The molecule has 3 rings (SSSR count).